The predicted molar refractivity (Wildman–Crippen MR) is 49.5 cm³/mol. The lowest BCUT2D eigenvalue weighted by atomic mass is 9.87. The van der Waals surface area contributed by atoms with E-state index in [1.807, 2.05) is 6.92 Å². The molecule has 1 nitrogen and oxygen atoms in total. The van der Waals surface area contributed by atoms with Crippen LogP contribution in [0.15, 0.2) is 0 Å². The zero-order chi connectivity index (χ0) is 8.85. The zero-order valence-corrected chi connectivity index (χ0v) is 8.30. The highest BCUT2D eigenvalue weighted by molar-refractivity contribution is 4.67. The van der Waals surface area contributed by atoms with Gasteiger partial charge in [0.1, 0.15) is 0 Å². The molecule has 1 heteroatoms. The molecule has 1 N–H and O–H groups in total. The molecule has 2 atom stereocenters. The molecule has 0 aliphatic heterocycles. The highest BCUT2D eigenvalue weighted by Gasteiger charge is 2.17. The largest absolute Gasteiger partial charge is 0.393 e. The Kier molecular flexibility index (Phi) is 5.57. The smallest absolute Gasteiger partial charge is 0.0542 e. The average molecular weight is 158 g/mol. The van der Waals surface area contributed by atoms with Gasteiger partial charge in [0.15, 0.2) is 0 Å². The molecule has 0 amide bonds. The molecule has 0 rings (SSSR count). The van der Waals surface area contributed by atoms with E-state index >= 15 is 0 Å². The van der Waals surface area contributed by atoms with Crippen molar-refractivity contribution < 1.29 is 5.11 Å². The van der Waals surface area contributed by atoms with E-state index in [9.17, 15) is 5.11 Å². The fourth-order valence-corrected chi connectivity index (χ4v) is 1.57. The average Bonchev–Trinajstić information content (AvgIpc) is 1.87. The van der Waals surface area contributed by atoms with Crippen molar-refractivity contribution in [2.75, 3.05) is 0 Å². The van der Waals surface area contributed by atoms with Gasteiger partial charge in [-0.1, -0.05) is 33.6 Å². The van der Waals surface area contributed by atoms with Gasteiger partial charge in [-0.3, -0.25) is 0 Å². The number of hydrogen-bond acceptors (Lipinski definition) is 1. The minimum Gasteiger partial charge on any atom is -0.393 e. The van der Waals surface area contributed by atoms with E-state index in [0.717, 1.165) is 0 Å². The maximum Gasteiger partial charge on any atom is 0.0542 e. The SMILES string of the molecule is CCCCC(C(C)C)[C@H](C)O. The summed E-state index contributed by atoms with van der Waals surface area (Å²) in [5, 5.41) is 9.41. The Labute approximate surface area is 70.8 Å². The van der Waals surface area contributed by atoms with E-state index in [1.54, 1.807) is 0 Å². The molecule has 68 valence electrons. The summed E-state index contributed by atoms with van der Waals surface area (Å²) >= 11 is 0. The maximum atomic E-state index is 9.41. The fraction of sp³-hybridized carbons (Fsp3) is 1.00. The van der Waals surface area contributed by atoms with Crippen molar-refractivity contribution >= 4 is 0 Å². The Morgan fingerprint density at radius 2 is 1.73 bits per heavy atom. The monoisotopic (exact) mass is 158 g/mol. The van der Waals surface area contributed by atoms with E-state index in [-0.39, 0.29) is 6.10 Å². The van der Waals surface area contributed by atoms with Crippen LogP contribution in [0.4, 0.5) is 0 Å². The Morgan fingerprint density at radius 3 is 2.00 bits per heavy atom. The van der Waals surface area contributed by atoms with Gasteiger partial charge in [0.05, 0.1) is 6.10 Å². The van der Waals surface area contributed by atoms with Crippen LogP contribution in [0.2, 0.25) is 0 Å². The minimum atomic E-state index is -0.137. The summed E-state index contributed by atoms with van der Waals surface area (Å²) in [6.45, 7) is 8.47. The molecule has 0 spiro atoms. The maximum absolute atomic E-state index is 9.41. The van der Waals surface area contributed by atoms with Crippen LogP contribution in [0, 0.1) is 11.8 Å². The summed E-state index contributed by atoms with van der Waals surface area (Å²) in [4.78, 5) is 0. The van der Waals surface area contributed by atoms with Crippen molar-refractivity contribution in [3.63, 3.8) is 0 Å². The second kappa shape index (κ2) is 5.59. The number of aliphatic hydroxyl groups excluding tert-OH is 1. The van der Waals surface area contributed by atoms with Crippen molar-refractivity contribution in [1.82, 2.24) is 0 Å². The molecule has 0 radical (unpaired) electrons. The molecule has 0 aliphatic carbocycles. The normalized spacial score (nSPS) is 16.9. The van der Waals surface area contributed by atoms with Gasteiger partial charge in [-0.25, -0.2) is 0 Å². The van der Waals surface area contributed by atoms with Crippen molar-refractivity contribution in [3.05, 3.63) is 0 Å². The van der Waals surface area contributed by atoms with E-state index in [1.165, 1.54) is 19.3 Å². The Hall–Kier alpha value is -0.0400. The summed E-state index contributed by atoms with van der Waals surface area (Å²) in [6.07, 6.45) is 3.51. The van der Waals surface area contributed by atoms with Crippen LogP contribution in [0.25, 0.3) is 0 Å². The molecule has 0 heterocycles. The van der Waals surface area contributed by atoms with Crippen LogP contribution in [-0.2, 0) is 0 Å². The van der Waals surface area contributed by atoms with Crippen molar-refractivity contribution in [1.29, 1.82) is 0 Å². The van der Waals surface area contributed by atoms with Crippen LogP contribution in [-0.4, -0.2) is 11.2 Å². The molecule has 0 aromatic heterocycles. The molecular formula is C10H22O. The molecule has 0 aliphatic rings. The van der Waals surface area contributed by atoms with Gasteiger partial charge in [0.25, 0.3) is 0 Å². The summed E-state index contributed by atoms with van der Waals surface area (Å²) in [5.74, 6) is 1.11. The molecule has 0 aromatic carbocycles. The lowest BCUT2D eigenvalue weighted by molar-refractivity contribution is 0.0904. The minimum absolute atomic E-state index is 0.137. The molecule has 0 saturated carbocycles. The van der Waals surface area contributed by atoms with E-state index in [0.29, 0.717) is 11.8 Å². The molecule has 1 unspecified atom stereocenters. The second-order valence-corrected chi connectivity index (χ2v) is 3.79. The van der Waals surface area contributed by atoms with Crippen LogP contribution in [0.1, 0.15) is 47.0 Å². The zero-order valence-electron chi connectivity index (χ0n) is 8.30. The third kappa shape index (κ3) is 4.41. The van der Waals surface area contributed by atoms with Gasteiger partial charge >= 0.3 is 0 Å². The van der Waals surface area contributed by atoms with E-state index in [2.05, 4.69) is 20.8 Å². The first kappa shape index (κ1) is 11.0. The number of rotatable bonds is 5. The van der Waals surface area contributed by atoms with Gasteiger partial charge in [-0.2, -0.15) is 0 Å². The molecule has 0 aromatic rings. The molecule has 0 bridgehead atoms. The number of hydrogen-bond donors (Lipinski definition) is 1. The lowest BCUT2D eigenvalue weighted by Gasteiger charge is -2.23. The summed E-state index contributed by atoms with van der Waals surface area (Å²) in [5.41, 5.74) is 0. The van der Waals surface area contributed by atoms with Crippen LogP contribution in [0.3, 0.4) is 0 Å². The van der Waals surface area contributed by atoms with Gasteiger partial charge in [0, 0.05) is 0 Å². The van der Waals surface area contributed by atoms with Gasteiger partial charge in [0.2, 0.25) is 0 Å². The number of unbranched alkanes of at least 4 members (excludes halogenated alkanes) is 1. The second-order valence-electron chi connectivity index (χ2n) is 3.79. The number of aliphatic hydroxyl groups is 1. The molecule has 0 saturated heterocycles. The van der Waals surface area contributed by atoms with E-state index < -0.39 is 0 Å². The van der Waals surface area contributed by atoms with Crippen molar-refractivity contribution in [3.8, 4) is 0 Å². The standard InChI is InChI=1S/C10H22O/c1-5-6-7-10(8(2)3)9(4)11/h8-11H,5-7H2,1-4H3/t9-,10?/m0/s1. The van der Waals surface area contributed by atoms with E-state index in [4.69, 9.17) is 0 Å². The highest BCUT2D eigenvalue weighted by atomic mass is 16.3. The van der Waals surface area contributed by atoms with Gasteiger partial charge in [-0.05, 0) is 25.2 Å². The van der Waals surface area contributed by atoms with Crippen molar-refractivity contribution in [2.24, 2.45) is 11.8 Å². The Balaban J connectivity index is 3.70. The quantitative estimate of drug-likeness (QED) is 0.652. The summed E-state index contributed by atoms with van der Waals surface area (Å²) in [7, 11) is 0. The fourth-order valence-electron chi connectivity index (χ4n) is 1.57. The first-order valence-corrected chi connectivity index (χ1v) is 4.77. The van der Waals surface area contributed by atoms with Gasteiger partial charge < -0.3 is 5.11 Å². The van der Waals surface area contributed by atoms with Crippen LogP contribution in [0.5, 0.6) is 0 Å². The summed E-state index contributed by atoms with van der Waals surface area (Å²) < 4.78 is 0. The highest BCUT2D eigenvalue weighted by Crippen LogP contribution is 2.21. The molecule has 11 heavy (non-hydrogen) atoms. The van der Waals surface area contributed by atoms with Crippen LogP contribution < -0.4 is 0 Å². The van der Waals surface area contributed by atoms with Gasteiger partial charge in [-0.15, -0.1) is 0 Å². The van der Waals surface area contributed by atoms with Crippen molar-refractivity contribution in [2.45, 2.75) is 53.1 Å². The third-order valence-corrected chi connectivity index (χ3v) is 2.37. The summed E-state index contributed by atoms with van der Waals surface area (Å²) in [6, 6.07) is 0. The first-order valence-electron chi connectivity index (χ1n) is 4.77. The van der Waals surface area contributed by atoms with Crippen LogP contribution >= 0.6 is 0 Å². The Bertz CT molecular complexity index is 78.9. The lowest BCUT2D eigenvalue weighted by Crippen LogP contribution is -2.22. The third-order valence-electron chi connectivity index (χ3n) is 2.37. The molecular weight excluding hydrogens is 136 g/mol. The predicted octanol–water partition coefficient (Wildman–Crippen LogP) is 2.83. The Morgan fingerprint density at radius 1 is 1.18 bits per heavy atom. The topological polar surface area (TPSA) is 20.2 Å². The molecule has 0 fully saturated rings. The first-order chi connectivity index (χ1) is 5.09.